The van der Waals surface area contributed by atoms with Crippen molar-refractivity contribution in [2.45, 2.75) is 13.8 Å². The number of aromatic nitrogens is 2. The molecule has 0 unspecified atom stereocenters. The predicted molar refractivity (Wildman–Crippen MR) is 98.8 cm³/mol. The van der Waals surface area contributed by atoms with Crippen molar-refractivity contribution in [1.82, 2.24) is 9.78 Å². The Labute approximate surface area is 155 Å². The minimum atomic E-state index is -0.434. The van der Waals surface area contributed by atoms with E-state index in [1.54, 1.807) is 30.7 Å². The first-order valence-corrected chi connectivity index (χ1v) is 8.41. The van der Waals surface area contributed by atoms with E-state index >= 15 is 0 Å². The molecule has 2 aromatic carbocycles. The van der Waals surface area contributed by atoms with E-state index < -0.39 is 5.82 Å². The lowest BCUT2D eigenvalue weighted by Crippen LogP contribution is -2.14. The van der Waals surface area contributed by atoms with Gasteiger partial charge in [0.1, 0.15) is 11.6 Å². The lowest BCUT2D eigenvalue weighted by Gasteiger charge is -2.11. The van der Waals surface area contributed by atoms with E-state index in [9.17, 15) is 9.18 Å². The molecule has 0 saturated carbocycles. The molecule has 7 heteroatoms. The van der Waals surface area contributed by atoms with E-state index in [-0.39, 0.29) is 11.7 Å². The number of hydrogen-bond donors (Lipinski definition) is 1. The van der Waals surface area contributed by atoms with E-state index in [1.807, 2.05) is 12.1 Å². The summed E-state index contributed by atoms with van der Waals surface area (Å²) in [4.78, 5) is 12.6. The van der Waals surface area contributed by atoms with Gasteiger partial charge >= 0.3 is 0 Å². The molecule has 0 bridgehead atoms. The van der Waals surface area contributed by atoms with Gasteiger partial charge in [-0.25, -0.2) is 9.07 Å². The van der Waals surface area contributed by atoms with Crippen molar-refractivity contribution < 1.29 is 13.9 Å². The standard InChI is InChI=1S/C19H17ClFN3O2/c1-3-26-18-10-14(21)7-8-17(18)23-19(25)16-11-22-24(12(16)2)15-6-4-5-13(20)9-15/h4-11H,3H2,1-2H3,(H,23,25). The number of ether oxygens (including phenoxy) is 1. The highest BCUT2D eigenvalue weighted by Gasteiger charge is 2.17. The van der Waals surface area contributed by atoms with Crippen molar-refractivity contribution in [3.8, 4) is 11.4 Å². The summed E-state index contributed by atoms with van der Waals surface area (Å²) in [5, 5.41) is 7.59. The van der Waals surface area contributed by atoms with Gasteiger partial charge in [-0.05, 0) is 44.2 Å². The van der Waals surface area contributed by atoms with Crippen LogP contribution in [-0.2, 0) is 0 Å². The third-order valence-electron chi connectivity index (χ3n) is 3.80. The second-order valence-electron chi connectivity index (χ2n) is 5.56. The van der Waals surface area contributed by atoms with E-state index in [2.05, 4.69) is 10.4 Å². The largest absolute Gasteiger partial charge is 0.492 e. The van der Waals surface area contributed by atoms with Crippen LogP contribution in [0, 0.1) is 12.7 Å². The van der Waals surface area contributed by atoms with Crippen LogP contribution in [0.25, 0.3) is 5.69 Å². The monoisotopic (exact) mass is 373 g/mol. The maximum absolute atomic E-state index is 13.4. The number of amides is 1. The van der Waals surface area contributed by atoms with Gasteiger partial charge in [0.2, 0.25) is 0 Å². The zero-order valence-corrected chi connectivity index (χ0v) is 15.0. The van der Waals surface area contributed by atoms with Gasteiger partial charge in [-0.15, -0.1) is 0 Å². The third-order valence-corrected chi connectivity index (χ3v) is 4.03. The van der Waals surface area contributed by atoms with Crippen molar-refractivity contribution in [1.29, 1.82) is 0 Å². The van der Waals surface area contributed by atoms with Gasteiger partial charge in [0, 0.05) is 11.1 Å². The van der Waals surface area contributed by atoms with Crippen LogP contribution in [-0.4, -0.2) is 22.3 Å². The molecule has 0 aliphatic rings. The van der Waals surface area contributed by atoms with E-state index in [1.165, 1.54) is 24.4 Å². The molecule has 0 radical (unpaired) electrons. The maximum atomic E-state index is 13.4. The molecule has 134 valence electrons. The van der Waals surface area contributed by atoms with Crippen LogP contribution >= 0.6 is 11.6 Å². The summed E-state index contributed by atoms with van der Waals surface area (Å²) >= 11 is 6.02. The number of anilines is 1. The molecular weight excluding hydrogens is 357 g/mol. The van der Waals surface area contributed by atoms with Crippen molar-refractivity contribution in [3.63, 3.8) is 0 Å². The van der Waals surface area contributed by atoms with Crippen LogP contribution in [0.5, 0.6) is 5.75 Å². The molecule has 0 atom stereocenters. The molecule has 0 aliphatic heterocycles. The molecule has 1 aromatic heterocycles. The maximum Gasteiger partial charge on any atom is 0.259 e. The summed E-state index contributed by atoms with van der Waals surface area (Å²) in [6.45, 7) is 3.94. The number of halogens is 2. The molecule has 0 fully saturated rings. The Morgan fingerprint density at radius 1 is 1.31 bits per heavy atom. The van der Waals surface area contributed by atoms with Gasteiger partial charge in [0.15, 0.2) is 0 Å². The molecule has 3 aromatic rings. The summed E-state index contributed by atoms with van der Waals surface area (Å²) in [7, 11) is 0. The van der Waals surface area contributed by atoms with E-state index in [4.69, 9.17) is 16.3 Å². The number of nitrogens with zero attached hydrogens (tertiary/aromatic N) is 2. The smallest absolute Gasteiger partial charge is 0.259 e. The molecule has 1 N–H and O–H groups in total. The Morgan fingerprint density at radius 3 is 2.85 bits per heavy atom. The molecule has 1 heterocycles. The van der Waals surface area contributed by atoms with Gasteiger partial charge in [-0.2, -0.15) is 5.10 Å². The molecule has 0 aliphatic carbocycles. The average molecular weight is 374 g/mol. The molecule has 0 spiro atoms. The number of carbonyl (C=O) groups excluding carboxylic acids is 1. The van der Waals surface area contributed by atoms with Gasteiger partial charge < -0.3 is 10.1 Å². The topological polar surface area (TPSA) is 56.1 Å². The first-order chi connectivity index (χ1) is 12.5. The fraction of sp³-hybridized carbons (Fsp3) is 0.158. The molecule has 1 amide bonds. The summed E-state index contributed by atoms with van der Waals surface area (Å²) in [5.41, 5.74) is 2.21. The van der Waals surface area contributed by atoms with Crippen LogP contribution in [0.3, 0.4) is 0 Å². The number of carbonyl (C=O) groups is 1. The molecular formula is C19H17ClFN3O2. The van der Waals surface area contributed by atoms with Gasteiger partial charge in [0.05, 0.1) is 35.4 Å². The van der Waals surface area contributed by atoms with Crippen LogP contribution in [0.2, 0.25) is 5.02 Å². The molecule has 0 saturated heterocycles. The number of hydrogen-bond acceptors (Lipinski definition) is 3. The SMILES string of the molecule is CCOc1cc(F)ccc1NC(=O)c1cnn(-c2cccc(Cl)c2)c1C. The van der Waals surface area contributed by atoms with Crippen molar-refractivity contribution in [2.75, 3.05) is 11.9 Å². The zero-order valence-electron chi connectivity index (χ0n) is 14.3. The second kappa shape index (κ2) is 7.58. The first kappa shape index (κ1) is 17.9. The quantitative estimate of drug-likeness (QED) is 0.709. The van der Waals surface area contributed by atoms with E-state index in [0.29, 0.717) is 28.6 Å². The van der Waals surface area contributed by atoms with Gasteiger partial charge in [-0.1, -0.05) is 17.7 Å². The van der Waals surface area contributed by atoms with Crippen LogP contribution in [0.1, 0.15) is 23.0 Å². The van der Waals surface area contributed by atoms with E-state index in [0.717, 1.165) is 5.69 Å². The normalized spacial score (nSPS) is 10.6. The zero-order chi connectivity index (χ0) is 18.7. The van der Waals surface area contributed by atoms with Crippen molar-refractivity contribution in [2.24, 2.45) is 0 Å². The lowest BCUT2D eigenvalue weighted by atomic mass is 10.2. The number of rotatable bonds is 5. The highest BCUT2D eigenvalue weighted by Crippen LogP contribution is 2.26. The fourth-order valence-electron chi connectivity index (χ4n) is 2.56. The molecule has 3 rings (SSSR count). The minimum absolute atomic E-state index is 0.278. The van der Waals surface area contributed by atoms with Gasteiger partial charge in [-0.3, -0.25) is 4.79 Å². The highest BCUT2D eigenvalue weighted by atomic mass is 35.5. The summed E-state index contributed by atoms with van der Waals surface area (Å²) in [6.07, 6.45) is 1.48. The highest BCUT2D eigenvalue weighted by molar-refractivity contribution is 6.30. The van der Waals surface area contributed by atoms with Gasteiger partial charge in [0.25, 0.3) is 5.91 Å². The van der Waals surface area contributed by atoms with Crippen molar-refractivity contribution >= 4 is 23.2 Å². The number of benzene rings is 2. The Bertz CT molecular complexity index is 956. The average Bonchev–Trinajstić information content (AvgIpc) is 2.99. The Balaban J connectivity index is 1.88. The Hall–Kier alpha value is -2.86. The number of nitrogens with one attached hydrogen (secondary N) is 1. The molecule has 26 heavy (non-hydrogen) atoms. The Morgan fingerprint density at radius 2 is 2.12 bits per heavy atom. The molecule has 5 nitrogen and oxygen atoms in total. The third kappa shape index (κ3) is 3.70. The second-order valence-corrected chi connectivity index (χ2v) is 6.00. The van der Waals surface area contributed by atoms with Crippen LogP contribution in [0.4, 0.5) is 10.1 Å². The summed E-state index contributed by atoms with van der Waals surface area (Å²) < 4.78 is 20.4. The fourth-order valence-corrected chi connectivity index (χ4v) is 2.75. The predicted octanol–water partition coefficient (Wildman–Crippen LogP) is 4.62. The van der Waals surface area contributed by atoms with Crippen molar-refractivity contribution in [3.05, 3.63) is 70.8 Å². The van der Waals surface area contributed by atoms with Crippen LogP contribution in [0.15, 0.2) is 48.7 Å². The Kier molecular flexibility index (Phi) is 5.23. The van der Waals surface area contributed by atoms with Crippen LogP contribution < -0.4 is 10.1 Å². The lowest BCUT2D eigenvalue weighted by molar-refractivity contribution is 0.102. The summed E-state index contributed by atoms with van der Waals surface area (Å²) in [6, 6.07) is 11.2. The summed E-state index contributed by atoms with van der Waals surface area (Å²) in [5.74, 6) is -0.513. The minimum Gasteiger partial charge on any atom is -0.492 e. The first-order valence-electron chi connectivity index (χ1n) is 8.04.